The van der Waals surface area contributed by atoms with Crippen molar-refractivity contribution in [2.24, 2.45) is 0 Å². The average molecular weight is 349 g/mol. The van der Waals surface area contributed by atoms with E-state index in [-0.39, 0.29) is 29.9 Å². The summed E-state index contributed by atoms with van der Waals surface area (Å²) in [5.41, 5.74) is 0.641. The Bertz CT molecular complexity index is 650. The molecule has 8 heteroatoms. The predicted molar refractivity (Wildman–Crippen MR) is 92.2 cm³/mol. The smallest absolute Gasteiger partial charge is 0.325 e. The molecule has 0 spiro atoms. The lowest BCUT2D eigenvalue weighted by Gasteiger charge is -2.22. The van der Waals surface area contributed by atoms with E-state index in [1.54, 1.807) is 31.2 Å². The summed E-state index contributed by atoms with van der Waals surface area (Å²) in [7, 11) is 1.26. The molecular formula is C16H19N3O4S. The molecule has 128 valence electrons. The Labute approximate surface area is 145 Å². The number of esters is 1. The summed E-state index contributed by atoms with van der Waals surface area (Å²) < 4.78 is 4.64. The van der Waals surface area contributed by atoms with Crippen LogP contribution in [0.3, 0.4) is 0 Å². The first-order chi connectivity index (χ1) is 11.5. The van der Waals surface area contributed by atoms with Crippen LogP contribution in [0.2, 0.25) is 0 Å². The van der Waals surface area contributed by atoms with Gasteiger partial charge < -0.3 is 15.0 Å². The summed E-state index contributed by atoms with van der Waals surface area (Å²) in [6, 6.07) is 8.14. The summed E-state index contributed by atoms with van der Waals surface area (Å²) in [6.07, 6.45) is -0.0959. The molecule has 1 aromatic rings. The molecule has 2 rings (SSSR count). The minimum atomic E-state index is -0.805. The number of carbonyl (C=O) groups excluding carboxylic acids is 3. The van der Waals surface area contributed by atoms with Crippen LogP contribution in [0.5, 0.6) is 0 Å². The fourth-order valence-electron chi connectivity index (χ4n) is 2.47. The lowest BCUT2D eigenvalue weighted by molar-refractivity contribution is -0.141. The van der Waals surface area contributed by atoms with Crippen LogP contribution in [0.1, 0.15) is 13.3 Å². The molecule has 1 fully saturated rings. The van der Waals surface area contributed by atoms with E-state index in [2.05, 4.69) is 10.1 Å². The second-order valence-corrected chi connectivity index (χ2v) is 5.57. The summed E-state index contributed by atoms with van der Waals surface area (Å²) in [5.74, 6) is -1.12. The van der Waals surface area contributed by atoms with Crippen LogP contribution in [-0.2, 0) is 19.1 Å². The minimum Gasteiger partial charge on any atom is -0.468 e. The van der Waals surface area contributed by atoms with E-state index >= 15 is 0 Å². The van der Waals surface area contributed by atoms with E-state index in [4.69, 9.17) is 12.2 Å². The second-order valence-electron chi connectivity index (χ2n) is 5.20. The van der Waals surface area contributed by atoms with Gasteiger partial charge in [0.1, 0.15) is 12.6 Å². The van der Waals surface area contributed by atoms with Crippen molar-refractivity contribution in [2.75, 3.05) is 25.5 Å². The highest BCUT2D eigenvalue weighted by atomic mass is 32.1. The van der Waals surface area contributed by atoms with Crippen LogP contribution in [0.25, 0.3) is 0 Å². The number of hydrogen-bond donors (Lipinski definition) is 1. The molecule has 0 saturated carbocycles. The van der Waals surface area contributed by atoms with Crippen molar-refractivity contribution in [2.45, 2.75) is 19.4 Å². The van der Waals surface area contributed by atoms with Crippen molar-refractivity contribution in [3.8, 4) is 0 Å². The molecule has 1 aromatic carbocycles. The fraction of sp³-hybridized carbons (Fsp3) is 0.375. The standard InChI is InChI=1S/C16H19N3O4S/c1-3-18-15(22)12(19(16(18)24)10-14(21)23-2)9-13(20)17-11-7-5-4-6-8-11/h4-8,12H,3,9-10H2,1-2H3,(H,17,20)/t12-/m0/s1. The molecule has 1 N–H and O–H groups in total. The maximum absolute atomic E-state index is 12.5. The molecule has 0 bridgehead atoms. The van der Waals surface area contributed by atoms with Crippen molar-refractivity contribution < 1.29 is 19.1 Å². The lowest BCUT2D eigenvalue weighted by Crippen LogP contribution is -2.41. The number of carbonyl (C=O) groups is 3. The normalized spacial score (nSPS) is 17.2. The summed E-state index contributed by atoms with van der Waals surface area (Å²) in [5, 5.41) is 2.97. The summed E-state index contributed by atoms with van der Waals surface area (Å²) in [4.78, 5) is 39.1. The predicted octanol–water partition coefficient (Wildman–Crippen LogP) is 1.01. The van der Waals surface area contributed by atoms with Gasteiger partial charge in [-0.05, 0) is 31.3 Å². The molecule has 1 heterocycles. The van der Waals surface area contributed by atoms with E-state index in [9.17, 15) is 14.4 Å². The number of anilines is 1. The molecule has 1 aliphatic heterocycles. The first-order valence-electron chi connectivity index (χ1n) is 7.51. The number of amides is 2. The Morgan fingerprint density at radius 3 is 2.54 bits per heavy atom. The van der Waals surface area contributed by atoms with E-state index in [1.807, 2.05) is 6.07 Å². The van der Waals surface area contributed by atoms with Crippen molar-refractivity contribution >= 4 is 40.8 Å². The quantitative estimate of drug-likeness (QED) is 0.610. The topological polar surface area (TPSA) is 79.0 Å². The number of rotatable bonds is 6. The molecule has 0 aliphatic carbocycles. The molecule has 1 aliphatic rings. The molecule has 0 radical (unpaired) electrons. The molecule has 0 unspecified atom stereocenters. The summed E-state index contributed by atoms with van der Waals surface area (Å²) in [6.45, 7) is 2.00. The lowest BCUT2D eigenvalue weighted by atomic mass is 10.1. The number of hydrogen-bond acceptors (Lipinski definition) is 5. The van der Waals surface area contributed by atoms with Crippen molar-refractivity contribution in [1.29, 1.82) is 0 Å². The van der Waals surface area contributed by atoms with Gasteiger partial charge in [-0.15, -0.1) is 0 Å². The van der Waals surface area contributed by atoms with Gasteiger partial charge in [-0.2, -0.15) is 0 Å². The number of ether oxygens (including phenoxy) is 1. The van der Waals surface area contributed by atoms with Crippen LogP contribution in [0.15, 0.2) is 30.3 Å². The van der Waals surface area contributed by atoms with Crippen LogP contribution in [0, 0.1) is 0 Å². The number of benzene rings is 1. The Balaban J connectivity index is 2.11. The first kappa shape index (κ1) is 17.9. The molecule has 24 heavy (non-hydrogen) atoms. The second kappa shape index (κ2) is 7.87. The Hall–Kier alpha value is -2.48. The molecule has 2 amide bonds. The van der Waals surface area contributed by atoms with E-state index in [1.165, 1.54) is 16.9 Å². The third kappa shape index (κ3) is 3.88. The molecular weight excluding hydrogens is 330 g/mol. The number of likely N-dealkylation sites (N-methyl/N-ethyl adjacent to an activating group) is 1. The fourth-order valence-corrected chi connectivity index (χ4v) is 2.89. The first-order valence-corrected chi connectivity index (χ1v) is 7.92. The van der Waals surface area contributed by atoms with E-state index in [0.717, 1.165) is 0 Å². The highest BCUT2D eigenvalue weighted by Gasteiger charge is 2.43. The largest absolute Gasteiger partial charge is 0.468 e. The zero-order valence-electron chi connectivity index (χ0n) is 13.5. The molecule has 7 nitrogen and oxygen atoms in total. The highest BCUT2D eigenvalue weighted by molar-refractivity contribution is 7.80. The SMILES string of the molecule is CCN1C(=O)[C@H](CC(=O)Nc2ccccc2)N(CC(=O)OC)C1=S. The maximum Gasteiger partial charge on any atom is 0.325 e. The van der Waals surface area contributed by atoms with Gasteiger partial charge in [-0.25, -0.2) is 0 Å². The Morgan fingerprint density at radius 1 is 1.29 bits per heavy atom. The maximum atomic E-state index is 12.5. The van der Waals surface area contributed by atoms with Crippen molar-refractivity contribution in [3.63, 3.8) is 0 Å². The zero-order chi connectivity index (χ0) is 17.7. The highest BCUT2D eigenvalue weighted by Crippen LogP contribution is 2.21. The van der Waals surface area contributed by atoms with Crippen molar-refractivity contribution in [1.82, 2.24) is 9.80 Å². The third-order valence-corrected chi connectivity index (χ3v) is 4.14. The average Bonchev–Trinajstić information content (AvgIpc) is 2.79. The number of nitrogens with one attached hydrogen (secondary N) is 1. The minimum absolute atomic E-state index is 0.0959. The summed E-state index contributed by atoms with van der Waals surface area (Å²) >= 11 is 5.26. The third-order valence-electron chi connectivity index (χ3n) is 3.68. The zero-order valence-corrected chi connectivity index (χ0v) is 14.3. The monoisotopic (exact) mass is 349 g/mol. The van der Waals surface area contributed by atoms with Crippen molar-refractivity contribution in [3.05, 3.63) is 30.3 Å². The van der Waals surface area contributed by atoms with E-state index in [0.29, 0.717) is 12.2 Å². The van der Waals surface area contributed by atoms with Gasteiger partial charge in [-0.1, -0.05) is 18.2 Å². The van der Waals surface area contributed by atoms with Gasteiger partial charge in [0.2, 0.25) is 5.91 Å². The molecule has 1 atom stereocenters. The molecule has 0 aromatic heterocycles. The van der Waals surface area contributed by atoms with Crippen LogP contribution in [0.4, 0.5) is 5.69 Å². The van der Waals surface area contributed by atoms with Gasteiger partial charge in [0, 0.05) is 12.2 Å². The van der Waals surface area contributed by atoms with Crippen LogP contribution >= 0.6 is 12.2 Å². The van der Waals surface area contributed by atoms with Gasteiger partial charge >= 0.3 is 5.97 Å². The number of methoxy groups -OCH3 is 1. The van der Waals surface area contributed by atoms with Crippen LogP contribution in [-0.4, -0.2) is 58.9 Å². The Morgan fingerprint density at radius 2 is 1.96 bits per heavy atom. The van der Waals surface area contributed by atoms with Gasteiger partial charge in [0.25, 0.3) is 5.91 Å². The van der Waals surface area contributed by atoms with Gasteiger partial charge in [0.05, 0.1) is 13.5 Å². The number of nitrogens with zero attached hydrogens (tertiary/aromatic N) is 2. The van der Waals surface area contributed by atoms with Gasteiger partial charge in [0.15, 0.2) is 5.11 Å². The number of thiocarbonyl (C=S) groups is 1. The van der Waals surface area contributed by atoms with E-state index < -0.39 is 12.0 Å². The van der Waals surface area contributed by atoms with Gasteiger partial charge in [-0.3, -0.25) is 19.3 Å². The number of para-hydroxylation sites is 1. The molecule has 1 saturated heterocycles. The van der Waals surface area contributed by atoms with Crippen LogP contribution < -0.4 is 5.32 Å². The Kier molecular flexibility index (Phi) is 5.86.